The molecule has 12 nitrogen and oxygen atoms in total. The number of para-hydroxylation sites is 15. The SMILES string of the molecule is CC(C)(C)C.CC(C)(C)C.CC(C)(C)C.CC(C)(C)C.CC(C)(C)C.CC(C)(C)C.CC(C)(C)C.CC(C)(C)C.CN1c2ccccc2Sc2ccccc21.Cn1c2ccccc2c2ccccc21.Cn1cnc2ccccc21.c1ccc2nc3ccccc3cc2c1.c1ccc2nc3ccccc3nc2c1.c1ccc2ocnc2c1.c1ccc2scnc2c1.c1cnc2c(c1)ccc1cccnc12. The summed E-state index contributed by atoms with van der Waals surface area (Å²) in [6, 6.07) is 104. The highest BCUT2D eigenvalue weighted by atomic mass is 32.2. The lowest BCUT2D eigenvalue weighted by Gasteiger charge is -2.29. The Kier molecular flexibility index (Phi) is 44.9. The summed E-state index contributed by atoms with van der Waals surface area (Å²) in [6.45, 7) is 70.0. The Morgan fingerprint density at radius 1 is 0.252 bits per heavy atom. The average molecular weight is 1900 g/mol. The highest BCUT2D eigenvalue weighted by Crippen LogP contribution is 2.47. The number of oxazole rings is 1. The molecular formula is C125H161N11OS2. The van der Waals surface area contributed by atoms with Gasteiger partial charge in [-0.3, -0.25) is 9.97 Å². The second-order valence-electron chi connectivity index (χ2n) is 47.0. The van der Waals surface area contributed by atoms with Gasteiger partial charge in [0.25, 0.3) is 0 Å². The van der Waals surface area contributed by atoms with Crippen molar-refractivity contribution in [3.8, 4) is 0 Å². The lowest BCUT2D eigenvalue weighted by atomic mass is 10.0. The smallest absolute Gasteiger partial charge is 0.181 e. The van der Waals surface area contributed by atoms with Crippen LogP contribution >= 0.6 is 23.1 Å². The molecule has 0 unspecified atom stereocenters. The number of fused-ring (bicyclic) bond motifs is 15. The van der Waals surface area contributed by atoms with E-state index in [2.05, 4.69) is 437 Å². The van der Waals surface area contributed by atoms with E-state index in [0.717, 1.165) is 77.0 Å². The molecule has 20 aromatic rings. The number of aromatic nitrogens is 10. The van der Waals surface area contributed by atoms with E-state index in [1.807, 2.05) is 193 Å². The molecule has 8 aromatic heterocycles. The lowest BCUT2D eigenvalue weighted by molar-refractivity contribution is 0.469. The molecule has 0 amide bonds. The van der Waals surface area contributed by atoms with Gasteiger partial charge in [-0.2, -0.15) is 0 Å². The fourth-order valence-electron chi connectivity index (χ4n) is 11.7. The molecule has 9 heterocycles. The normalized spacial score (nSPS) is 11.4. The Morgan fingerprint density at radius 2 is 0.554 bits per heavy atom. The first kappa shape index (κ1) is 115. The van der Waals surface area contributed by atoms with E-state index in [0.29, 0.717) is 43.3 Å². The molecule has 0 bridgehead atoms. The zero-order chi connectivity index (χ0) is 103. The number of benzene rings is 12. The minimum atomic E-state index is 0.500. The predicted octanol–water partition coefficient (Wildman–Crippen LogP) is 38.3. The maximum atomic E-state index is 5.01. The molecule has 0 saturated carbocycles. The number of thiazole rings is 1. The molecule has 734 valence electrons. The van der Waals surface area contributed by atoms with Crippen molar-refractivity contribution in [2.75, 3.05) is 11.9 Å². The van der Waals surface area contributed by atoms with Crippen LogP contribution in [0.3, 0.4) is 0 Å². The van der Waals surface area contributed by atoms with Crippen molar-refractivity contribution in [3.63, 3.8) is 0 Å². The largest absolute Gasteiger partial charge is 0.443 e. The molecule has 1 aliphatic heterocycles. The predicted molar refractivity (Wildman–Crippen MR) is 614 cm³/mol. The van der Waals surface area contributed by atoms with Gasteiger partial charge in [-0.25, -0.2) is 29.9 Å². The topological polar surface area (TPSA) is 129 Å². The van der Waals surface area contributed by atoms with Crippen molar-refractivity contribution in [2.24, 2.45) is 57.4 Å². The van der Waals surface area contributed by atoms with Gasteiger partial charge in [0, 0.05) is 86.7 Å². The number of anilines is 2. The van der Waals surface area contributed by atoms with Crippen LogP contribution in [0.15, 0.2) is 354 Å². The van der Waals surface area contributed by atoms with Gasteiger partial charge < -0.3 is 18.5 Å². The number of aryl methyl sites for hydroxylation is 2. The number of imidazole rings is 1. The molecule has 0 atom stereocenters. The zero-order valence-electron chi connectivity index (χ0n) is 90.5. The lowest BCUT2D eigenvalue weighted by Crippen LogP contribution is -2.14. The fraction of sp³-hybridized carbons (Fsp3) is 0.344. The molecule has 0 spiro atoms. The van der Waals surface area contributed by atoms with E-state index in [4.69, 9.17) is 4.42 Å². The third kappa shape index (κ3) is 47.6. The van der Waals surface area contributed by atoms with Gasteiger partial charge in [-0.1, -0.05) is 415 Å². The highest BCUT2D eigenvalue weighted by molar-refractivity contribution is 7.99. The van der Waals surface area contributed by atoms with Crippen LogP contribution in [0, 0.1) is 43.3 Å². The number of hydrogen-bond acceptors (Lipinski definition) is 12. The maximum absolute atomic E-state index is 5.01. The van der Waals surface area contributed by atoms with Crippen LogP contribution in [0.2, 0.25) is 0 Å². The average Bonchev–Trinajstić information content (AvgIpc) is 1.67. The Bertz CT molecular complexity index is 6190. The summed E-state index contributed by atoms with van der Waals surface area (Å²) in [5, 5.41) is 7.35. The monoisotopic (exact) mass is 1900 g/mol. The Morgan fingerprint density at radius 3 is 0.935 bits per heavy atom. The second kappa shape index (κ2) is 54.2. The third-order valence-electron chi connectivity index (χ3n) is 16.6. The van der Waals surface area contributed by atoms with Gasteiger partial charge in [-0.05, 0) is 171 Å². The number of pyridine rings is 3. The minimum absolute atomic E-state index is 0.500. The third-order valence-corrected chi connectivity index (χ3v) is 18.6. The standard InChI is InChI=1S/C13H11NS.C13H11N.C13H9N.2C12H8N2.C8H8N2.C7H5NO.C7H5NS.8C5H12/c1-14-10-6-2-4-8-12(10)15-13-9-5-3-7-11(13)14;1-14-12-8-4-2-6-10(12)11-7-3-5-9-13(11)14;1-3-7-12-10(5-1)9-11-6-2-4-8-13(11)14-12;1-3-9-5-6-10-4-2-8-14-12(10)11(9)13-7-1;1-2-6-10-9(5-1)13-11-7-3-4-8-12(11)14-10;1-10-6-9-7-4-2-3-5-8(7)10;2*1-2-4-7-6(3-1)8-5-9-7;8*1-5(2,3)4/h2-9H,1H3;2-9H,1H3;1-9H;2*1-8H;2-6H,1H3;2*1-5H;8*1-4H3. The van der Waals surface area contributed by atoms with Crippen LogP contribution in [0.1, 0.15) is 222 Å². The van der Waals surface area contributed by atoms with E-state index in [9.17, 15) is 0 Å². The van der Waals surface area contributed by atoms with E-state index in [1.54, 1.807) is 23.7 Å². The van der Waals surface area contributed by atoms with Crippen LogP contribution in [0.25, 0.3) is 120 Å². The van der Waals surface area contributed by atoms with E-state index in [-0.39, 0.29) is 0 Å². The molecule has 0 radical (unpaired) electrons. The molecule has 12 aromatic carbocycles. The van der Waals surface area contributed by atoms with Crippen molar-refractivity contribution in [2.45, 2.75) is 231 Å². The summed E-state index contributed by atoms with van der Waals surface area (Å²) < 4.78 is 10.5. The molecule has 0 aliphatic carbocycles. The Labute approximate surface area is 842 Å². The summed E-state index contributed by atoms with van der Waals surface area (Å²) in [5.74, 6) is 0. The van der Waals surface area contributed by atoms with Crippen molar-refractivity contribution in [1.29, 1.82) is 0 Å². The van der Waals surface area contributed by atoms with Crippen molar-refractivity contribution >= 4 is 154 Å². The quantitative estimate of drug-likeness (QED) is 0.106. The van der Waals surface area contributed by atoms with Crippen molar-refractivity contribution < 1.29 is 4.42 Å². The van der Waals surface area contributed by atoms with Gasteiger partial charge in [0.1, 0.15) is 5.52 Å². The van der Waals surface area contributed by atoms with Crippen LogP contribution in [0.4, 0.5) is 11.4 Å². The molecule has 0 saturated heterocycles. The van der Waals surface area contributed by atoms with Crippen molar-refractivity contribution in [1.82, 2.24) is 49.0 Å². The summed E-state index contributed by atoms with van der Waals surface area (Å²) >= 11 is 3.52. The second-order valence-corrected chi connectivity index (χ2v) is 48.9. The highest BCUT2D eigenvalue weighted by Gasteiger charge is 2.19. The van der Waals surface area contributed by atoms with Gasteiger partial charge >= 0.3 is 0 Å². The van der Waals surface area contributed by atoms with Crippen LogP contribution in [-0.4, -0.2) is 56.1 Å². The van der Waals surface area contributed by atoms with Gasteiger partial charge in [0.15, 0.2) is 12.0 Å². The minimum Gasteiger partial charge on any atom is -0.443 e. The first-order chi connectivity index (χ1) is 64.9. The van der Waals surface area contributed by atoms with E-state index in [1.165, 1.54) is 70.4 Å². The summed E-state index contributed by atoms with van der Waals surface area (Å²) in [7, 11) is 6.23. The van der Waals surface area contributed by atoms with Gasteiger partial charge in [0.05, 0.1) is 88.6 Å². The van der Waals surface area contributed by atoms with Crippen LogP contribution in [0.5, 0.6) is 0 Å². The summed E-state index contributed by atoms with van der Waals surface area (Å²) in [5.41, 5.74) is 24.0. The van der Waals surface area contributed by atoms with Crippen LogP contribution in [-0.2, 0) is 14.1 Å². The Hall–Kier alpha value is -12.5. The molecular weight excluding hydrogens is 1740 g/mol. The number of rotatable bonds is 0. The van der Waals surface area contributed by atoms with Gasteiger partial charge in [0.2, 0.25) is 0 Å². The fourth-order valence-corrected chi connectivity index (χ4v) is 13.5. The summed E-state index contributed by atoms with van der Waals surface area (Å²) in [4.78, 5) is 39.5. The van der Waals surface area contributed by atoms with Gasteiger partial charge in [-0.15, -0.1) is 11.3 Å². The molecule has 1 aliphatic rings. The summed E-state index contributed by atoms with van der Waals surface area (Å²) in [6.07, 6.45) is 6.88. The zero-order valence-corrected chi connectivity index (χ0v) is 92.1. The first-order valence-corrected chi connectivity index (χ1v) is 50.0. The molecule has 21 rings (SSSR count). The molecule has 0 fully saturated rings. The van der Waals surface area contributed by atoms with E-state index >= 15 is 0 Å². The first-order valence-electron chi connectivity index (χ1n) is 48.3. The van der Waals surface area contributed by atoms with E-state index < -0.39 is 0 Å². The number of nitrogens with zero attached hydrogens (tertiary/aromatic N) is 11. The maximum Gasteiger partial charge on any atom is 0.181 e. The van der Waals surface area contributed by atoms with Crippen LogP contribution < -0.4 is 4.90 Å². The molecule has 0 N–H and O–H groups in total. The molecule has 139 heavy (non-hydrogen) atoms. The van der Waals surface area contributed by atoms with Crippen molar-refractivity contribution in [3.05, 3.63) is 340 Å². The Balaban J connectivity index is 0.000000232. The number of hydrogen-bond donors (Lipinski definition) is 0. The molecule has 14 heteroatoms.